The average Bonchev–Trinajstić information content (AvgIpc) is 2.13. The van der Waals surface area contributed by atoms with Crippen molar-refractivity contribution in [2.24, 2.45) is 0 Å². The Morgan fingerprint density at radius 2 is 1.86 bits per heavy atom. The van der Waals surface area contributed by atoms with Crippen LogP contribution in [0.5, 0.6) is 0 Å². The molecule has 0 aliphatic carbocycles. The zero-order valence-electron chi connectivity index (χ0n) is 8.79. The van der Waals surface area contributed by atoms with Gasteiger partial charge in [-0.25, -0.2) is 0 Å². The number of ether oxygens (including phenoxy) is 1. The summed E-state index contributed by atoms with van der Waals surface area (Å²) in [6.45, 7) is 5.81. The van der Waals surface area contributed by atoms with E-state index in [1.165, 1.54) is 5.56 Å². The van der Waals surface area contributed by atoms with Gasteiger partial charge in [-0.3, -0.25) is 0 Å². The summed E-state index contributed by atoms with van der Waals surface area (Å²) in [4.78, 5) is 0. The van der Waals surface area contributed by atoms with E-state index < -0.39 is 0 Å². The van der Waals surface area contributed by atoms with Crippen LogP contribution in [-0.4, -0.2) is 10.9 Å². The Labute approximate surface area is 94.6 Å². The summed E-state index contributed by atoms with van der Waals surface area (Å²) in [5.74, 6) is 0. The summed E-state index contributed by atoms with van der Waals surface area (Å²) in [5, 5.41) is 0. The molecule has 0 N–H and O–H groups in total. The molecule has 0 fully saturated rings. The van der Waals surface area contributed by atoms with E-state index in [-0.39, 0.29) is 4.32 Å². The maximum atomic E-state index is 5.57. The second-order valence-corrected chi connectivity index (χ2v) is 6.15. The van der Waals surface area contributed by atoms with Crippen molar-refractivity contribution in [3.63, 3.8) is 0 Å². The highest BCUT2D eigenvalue weighted by Crippen LogP contribution is 2.20. The van der Waals surface area contributed by atoms with Gasteiger partial charge in [-0.15, -0.1) is 0 Å². The summed E-state index contributed by atoms with van der Waals surface area (Å²) in [6, 6.07) is 10.3. The van der Waals surface area contributed by atoms with Crippen LogP contribution in [0.2, 0.25) is 0 Å². The van der Waals surface area contributed by atoms with Crippen LogP contribution in [0.15, 0.2) is 30.3 Å². The summed E-state index contributed by atoms with van der Waals surface area (Å²) < 4.78 is 5.75. The van der Waals surface area contributed by atoms with Crippen molar-refractivity contribution < 1.29 is 4.74 Å². The first kappa shape index (κ1) is 11.7. The molecule has 0 aromatic heterocycles. The van der Waals surface area contributed by atoms with Crippen molar-refractivity contribution in [3.05, 3.63) is 35.9 Å². The van der Waals surface area contributed by atoms with Gasteiger partial charge in [-0.05, 0) is 25.8 Å². The Kier molecular flexibility index (Phi) is 4.63. The highest BCUT2D eigenvalue weighted by Gasteiger charge is 2.11. The van der Waals surface area contributed by atoms with Gasteiger partial charge >= 0.3 is 0 Å². The molecule has 0 radical (unpaired) electrons. The maximum Gasteiger partial charge on any atom is 0.0716 e. The third kappa shape index (κ3) is 5.40. The number of rotatable bonds is 5. The highest BCUT2D eigenvalue weighted by molar-refractivity contribution is 9.10. The minimum atomic E-state index is 0.184. The van der Waals surface area contributed by atoms with Gasteiger partial charge in [0.1, 0.15) is 0 Å². The van der Waals surface area contributed by atoms with E-state index in [0.717, 1.165) is 13.0 Å². The third-order valence-corrected chi connectivity index (χ3v) is 2.35. The summed E-state index contributed by atoms with van der Waals surface area (Å²) in [7, 11) is 0. The zero-order valence-corrected chi connectivity index (χ0v) is 10.4. The van der Waals surface area contributed by atoms with Crippen LogP contribution in [0.1, 0.15) is 25.8 Å². The molecular formula is C12H17BrO. The molecule has 0 unspecified atom stereocenters. The SMILES string of the molecule is CC(C)(Br)CCOCc1ccccc1. The predicted molar refractivity (Wildman–Crippen MR) is 63.7 cm³/mol. The molecule has 1 rings (SSSR count). The van der Waals surface area contributed by atoms with Crippen molar-refractivity contribution in [3.8, 4) is 0 Å². The molecule has 0 aliphatic heterocycles. The molecule has 0 bridgehead atoms. The molecule has 0 amide bonds. The van der Waals surface area contributed by atoms with E-state index in [1.54, 1.807) is 0 Å². The molecule has 2 heteroatoms. The normalized spacial score (nSPS) is 11.6. The lowest BCUT2D eigenvalue weighted by atomic mass is 10.1. The molecule has 0 spiro atoms. The second-order valence-electron chi connectivity index (χ2n) is 4.01. The van der Waals surface area contributed by atoms with Gasteiger partial charge < -0.3 is 4.74 Å². The molecule has 1 nitrogen and oxygen atoms in total. The van der Waals surface area contributed by atoms with E-state index in [1.807, 2.05) is 18.2 Å². The van der Waals surface area contributed by atoms with Crippen LogP contribution in [0.3, 0.4) is 0 Å². The van der Waals surface area contributed by atoms with Gasteiger partial charge in [0.2, 0.25) is 0 Å². The Bertz CT molecular complexity index is 251. The van der Waals surface area contributed by atoms with Crippen LogP contribution in [0, 0.1) is 0 Å². The second kappa shape index (κ2) is 5.52. The van der Waals surface area contributed by atoms with Crippen LogP contribution < -0.4 is 0 Å². The lowest BCUT2D eigenvalue weighted by molar-refractivity contribution is 0.114. The fraction of sp³-hybridized carbons (Fsp3) is 0.500. The fourth-order valence-corrected chi connectivity index (χ4v) is 1.24. The van der Waals surface area contributed by atoms with Gasteiger partial charge in [0, 0.05) is 10.9 Å². The number of benzene rings is 1. The molecule has 1 aromatic rings. The van der Waals surface area contributed by atoms with E-state index in [0.29, 0.717) is 6.61 Å². The van der Waals surface area contributed by atoms with Crippen LogP contribution in [-0.2, 0) is 11.3 Å². The molecule has 1 aromatic carbocycles. The molecule has 0 heterocycles. The molecule has 0 saturated heterocycles. The van der Waals surface area contributed by atoms with Gasteiger partial charge in [-0.1, -0.05) is 46.3 Å². The molecule has 0 atom stereocenters. The molecular weight excluding hydrogens is 240 g/mol. The first-order valence-corrected chi connectivity index (χ1v) is 5.68. The maximum absolute atomic E-state index is 5.57. The summed E-state index contributed by atoms with van der Waals surface area (Å²) in [6.07, 6.45) is 1.03. The standard InChI is InChI=1S/C12H17BrO/c1-12(2,13)8-9-14-10-11-6-4-3-5-7-11/h3-7H,8-10H2,1-2H3. The lowest BCUT2D eigenvalue weighted by Crippen LogP contribution is -2.12. The van der Waals surface area contributed by atoms with Crippen LogP contribution >= 0.6 is 15.9 Å². The lowest BCUT2D eigenvalue weighted by Gasteiger charge is -2.15. The van der Waals surface area contributed by atoms with E-state index in [2.05, 4.69) is 41.9 Å². The molecule has 14 heavy (non-hydrogen) atoms. The zero-order chi connectivity index (χ0) is 10.4. The molecule has 0 aliphatic rings. The highest BCUT2D eigenvalue weighted by atomic mass is 79.9. The van der Waals surface area contributed by atoms with Crippen molar-refractivity contribution >= 4 is 15.9 Å². The quantitative estimate of drug-likeness (QED) is 0.576. The van der Waals surface area contributed by atoms with Gasteiger partial charge in [0.15, 0.2) is 0 Å². The number of halogens is 1. The van der Waals surface area contributed by atoms with Gasteiger partial charge in [0.25, 0.3) is 0 Å². The Morgan fingerprint density at radius 3 is 2.43 bits per heavy atom. The smallest absolute Gasteiger partial charge is 0.0716 e. The minimum Gasteiger partial charge on any atom is -0.377 e. The number of hydrogen-bond acceptors (Lipinski definition) is 1. The average molecular weight is 257 g/mol. The van der Waals surface area contributed by atoms with Crippen molar-refractivity contribution in [2.45, 2.75) is 31.2 Å². The van der Waals surface area contributed by atoms with E-state index >= 15 is 0 Å². The first-order chi connectivity index (χ1) is 6.58. The van der Waals surface area contributed by atoms with Crippen molar-refractivity contribution in [1.82, 2.24) is 0 Å². The van der Waals surface area contributed by atoms with Crippen molar-refractivity contribution in [1.29, 1.82) is 0 Å². The topological polar surface area (TPSA) is 9.23 Å². The molecule has 0 saturated carbocycles. The largest absolute Gasteiger partial charge is 0.377 e. The number of alkyl halides is 1. The summed E-state index contributed by atoms with van der Waals surface area (Å²) in [5.41, 5.74) is 1.24. The first-order valence-electron chi connectivity index (χ1n) is 4.88. The van der Waals surface area contributed by atoms with Crippen molar-refractivity contribution in [2.75, 3.05) is 6.61 Å². The van der Waals surface area contributed by atoms with E-state index in [9.17, 15) is 0 Å². The number of hydrogen-bond donors (Lipinski definition) is 0. The van der Waals surface area contributed by atoms with Crippen LogP contribution in [0.4, 0.5) is 0 Å². The van der Waals surface area contributed by atoms with Gasteiger partial charge in [0.05, 0.1) is 6.61 Å². The van der Waals surface area contributed by atoms with Gasteiger partial charge in [-0.2, -0.15) is 0 Å². The molecule has 78 valence electrons. The van der Waals surface area contributed by atoms with E-state index in [4.69, 9.17) is 4.74 Å². The summed E-state index contributed by atoms with van der Waals surface area (Å²) >= 11 is 3.58. The predicted octanol–water partition coefficient (Wildman–Crippen LogP) is 3.77. The Hall–Kier alpha value is -0.340. The fourth-order valence-electron chi connectivity index (χ4n) is 1.08. The minimum absolute atomic E-state index is 0.184. The van der Waals surface area contributed by atoms with Crippen LogP contribution in [0.25, 0.3) is 0 Å². The monoisotopic (exact) mass is 256 g/mol. The third-order valence-electron chi connectivity index (χ3n) is 1.95. The Morgan fingerprint density at radius 1 is 1.21 bits per heavy atom. The Balaban J connectivity index is 2.17.